The molecule has 1 aromatic rings. The zero-order valence-electron chi connectivity index (χ0n) is 13.3. The molecule has 1 aliphatic rings. The fraction of sp³-hybridized carbons (Fsp3) is 0.588. The van der Waals surface area contributed by atoms with Gasteiger partial charge in [0.05, 0.1) is 0 Å². The van der Waals surface area contributed by atoms with Crippen molar-refractivity contribution in [3.05, 3.63) is 29.3 Å². The first-order valence-electron chi connectivity index (χ1n) is 7.88. The molecule has 4 heteroatoms. The molecule has 0 unspecified atom stereocenters. The van der Waals surface area contributed by atoms with Gasteiger partial charge in [-0.3, -0.25) is 0 Å². The molecule has 1 fully saturated rings. The van der Waals surface area contributed by atoms with Crippen LogP contribution in [0.4, 0.5) is 5.69 Å². The van der Waals surface area contributed by atoms with Crippen molar-refractivity contribution in [3.8, 4) is 0 Å². The van der Waals surface area contributed by atoms with E-state index in [1.807, 2.05) is 13.0 Å². The van der Waals surface area contributed by atoms with E-state index in [0.29, 0.717) is 6.04 Å². The molecular weight excluding hydrogens is 262 g/mol. The number of hydrogen-bond donors (Lipinski definition) is 2. The van der Waals surface area contributed by atoms with Crippen molar-refractivity contribution in [2.75, 3.05) is 11.9 Å². The molecule has 4 nitrogen and oxygen atoms in total. The first-order valence-corrected chi connectivity index (χ1v) is 7.88. The van der Waals surface area contributed by atoms with Crippen molar-refractivity contribution in [1.29, 1.82) is 0 Å². The SMILES string of the molecule is CCC1CCC(N(C)c2ccc(C)cc2/C(N)=N/O)CC1. The predicted octanol–water partition coefficient (Wildman–Crippen LogP) is 3.49. The Balaban J connectivity index is 2.21. The average Bonchev–Trinajstić information content (AvgIpc) is 2.53. The van der Waals surface area contributed by atoms with Crippen LogP contribution in [0.3, 0.4) is 0 Å². The lowest BCUT2D eigenvalue weighted by Crippen LogP contribution is -2.36. The second-order valence-electron chi connectivity index (χ2n) is 6.20. The van der Waals surface area contributed by atoms with Crippen LogP contribution in [0, 0.1) is 12.8 Å². The molecule has 0 amide bonds. The van der Waals surface area contributed by atoms with Crippen molar-refractivity contribution >= 4 is 11.5 Å². The van der Waals surface area contributed by atoms with Crippen molar-refractivity contribution in [1.82, 2.24) is 0 Å². The lowest BCUT2D eigenvalue weighted by molar-refractivity contribution is 0.313. The maximum Gasteiger partial charge on any atom is 0.172 e. The summed E-state index contributed by atoms with van der Waals surface area (Å²) in [6.45, 7) is 4.30. The zero-order valence-corrected chi connectivity index (χ0v) is 13.3. The van der Waals surface area contributed by atoms with Gasteiger partial charge in [-0.1, -0.05) is 30.1 Å². The van der Waals surface area contributed by atoms with Crippen LogP contribution < -0.4 is 10.6 Å². The summed E-state index contributed by atoms with van der Waals surface area (Å²) in [5.74, 6) is 1.07. The summed E-state index contributed by atoms with van der Waals surface area (Å²) in [4.78, 5) is 2.30. The smallest absolute Gasteiger partial charge is 0.172 e. The van der Waals surface area contributed by atoms with E-state index < -0.39 is 0 Å². The van der Waals surface area contributed by atoms with E-state index in [0.717, 1.165) is 22.7 Å². The van der Waals surface area contributed by atoms with Crippen LogP contribution in [0.15, 0.2) is 23.4 Å². The first-order chi connectivity index (χ1) is 10.1. The quantitative estimate of drug-likeness (QED) is 0.386. The Morgan fingerprint density at radius 3 is 2.57 bits per heavy atom. The molecule has 2 rings (SSSR count). The van der Waals surface area contributed by atoms with Gasteiger partial charge in [0.1, 0.15) is 0 Å². The van der Waals surface area contributed by atoms with Crippen LogP contribution in [0.1, 0.15) is 50.2 Å². The lowest BCUT2D eigenvalue weighted by Gasteiger charge is -2.36. The highest BCUT2D eigenvalue weighted by Gasteiger charge is 2.25. The van der Waals surface area contributed by atoms with E-state index in [1.54, 1.807) is 0 Å². The summed E-state index contributed by atoms with van der Waals surface area (Å²) in [6, 6.07) is 6.69. The van der Waals surface area contributed by atoms with Crippen molar-refractivity contribution in [3.63, 3.8) is 0 Å². The molecule has 116 valence electrons. The van der Waals surface area contributed by atoms with E-state index in [-0.39, 0.29) is 5.84 Å². The number of hydrogen-bond acceptors (Lipinski definition) is 3. The van der Waals surface area contributed by atoms with Gasteiger partial charge in [0.2, 0.25) is 0 Å². The Bertz CT molecular complexity index is 505. The summed E-state index contributed by atoms with van der Waals surface area (Å²) < 4.78 is 0. The normalized spacial score (nSPS) is 23.1. The Morgan fingerprint density at radius 1 is 1.33 bits per heavy atom. The molecule has 21 heavy (non-hydrogen) atoms. The topological polar surface area (TPSA) is 61.8 Å². The third-order valence-electron chi connectivity index (χ3n) is 4.86. The van der Waals surface area contributed by atoms with Gasteiger partial charge in [-0.2, -0.15) is 0 Å². The highest BCUT2D eigenvalue weighted by atomic mass is 16.4. The van der Waals surface area contributed by atoms with Crippen LogP contribution in [0.5, 0.6) is 0 Å². The molecule has 1 aliphatic carbocycles. The minimum atomic E-state index is 0.183. The summed E-state index contributed by atoms with van der Waals surface area (Å²) in [6.07, 6.45) is 6.33. The predicted molar refractivity (Wildman–Crippen MR) is 88.1 cm³/mol. The number of amidine groups is 1. The highest BCUT2D eigenvalue weighted by Crippen LogP contribution is 2.32. The van der Waals surface area contributed by atoms with Gasteiger partial charge in [-0.15, -0.1) is 0 Å². The van der Waals surface area contributed by atoms with E-state index >= 15 is 0 Å². The van der Waals surface area contributed by atoms with Crippen LogP contribution in [-0.2, 0) is 0 Å². The Hall–Kier alpha value is -1.71. The summed E-state index contributed by atoms with van der Waals surface area (Å²) in [5.41, 5.74) is 8.83. The molecule has 0 aliphatic heterocycles. The largest absolute Gasteiger partial charge is 0.409 e. The molecule has 0 atom stereocenters. The monoisotopic (exact) mass is 289 g/mol. The summed E-state index contributed by atoms with van der Waals surface area (Å²) >= 11 is 0. The van der Waals surface area contributed by atoms with Crippen molar-refractivity contribution in [2.45, 2.75) is 52.0 Å². The summed E-state index contributed by atoms with van der Waals surface area (Å²) in [5, 5.41) is 12.2. The number of oxime groups is 1. The van der Waals surface area contributed by atoms with E-state index in [2.05, 4.69) is 36.2 Å². The van der Waals surface area contributed by atoms with E-state index in [4.69, 9.17) is 10.9 Å². The van der Waals surface area contributed by atoms with Crippen molar-refractivity contribution in [2.24, 2.45) is 16.8 Å². The van der Waals surface area contributed by atoms with Gasteiger partial charge in [0.25, 0.3) is 0 Å². The van der Waals surface area contributed by atoms with Gasteiger partial charge in [0, 0.05) is 24.3 Å². The number of anilines is 1. The molecule has 0 aromatic heterocycles. The Kier molecular flexibility index (Phi) is 5.10. The molecule has 0 bridgehead atoms. The first kappa shape index (κ1) is 15.7. The highest BCUT2D eigenvalue weighted by molar-refractivity contribution is 6.02. The fourth-order valence-corrected chi connectivity index (χ4v) is 3.35. The molecule has 1 saturated carbocycles. The molecule has 0 radical (unpaired) electrons. The van der Waals surface area contributed by atoms with Crippen LogP contribution >= 0.6 is 0 Å². The standard InChI is InChI=1S/C17H27N3O/c1-4-13-6-8-14(9-7-13)20(3)16-10-5-12(2)11-15(16)17(18)19-21/h5,10-11,13-14,21H,4,6-9H2,1-3H3,(H2,18,19). The number of rotatable bonds is 4. The molecule has 0 saturated heterocycles. The average molecular weight is 289 g/mol. The molecule has 3 N–H and O–H groups in total. The minimum Gasteiger partial charge on any atom is -0.409 e. The van der Waals surface area contributed by atoms with E-state index in [9.17, 15) is 0 Å². The van der Waals surface area contributed by atoms with Gasteiger partial charge >= 0.3 is 0 Å². The summed E-state index contributed by atoms with van der Waals surface area (Å²) in [7, 11) is 2.12. The van der Waals surface area contributed by atoms with Crippen LogP contribution in [0.25, 0.3) is 0 Å². The number of benzene rings is 1. The molecule has 1 aromatic carbocycles. The van der Waals surface area contributed by atoms with Crippen molar-refractivity contribution < 1.29 is 5.21 Å². The third kappa shape index (κ3) is 3.49. The number of nitrogens with zero attached hydrogens (tertiary/aromatic N) is 2. The van der Waals surface area contributed by atoms with Gasteiger partial charge in [0.15, 0.2) is 5.84 Å². The number of aryl methyl sites for hydroxylation is 1. The maximum absolute atomic E-state index is 9.01. The van der Waals surface area contributed by atoms with Crippen LogP contribution in [0.2, 0.25) is 0 Å². The van der Waals surface area contributed by atoms with Gasteiger partial charge in [-0.05, 0) is 50.7 Å². The van der Waals surface area contributed by atoms with E-state index in [1.165, 1.54) is 32.1 Å². The zero-order chi connectivity index (χ0) is 15.4. The molecule has 0 heterocycles. The lowest BCUT2D eigenvalue weighted by atomic mass is 9.84. The number of nitrogens with two attached hydrogens (primary N) is 1. The Morgan fingerprint density at radius 2 is 2.00 bits per heavy atom. The van der Waals surface area contributed by atoms with Gasteiger partial charge < -0.3 is 15.8 Å². The maximum atomic E-state index is 9.01. The Labute approximate surface area is 127 Å². The van der Waals surface area contributed by atoms with Crippen LogP contribution in [-0.4, -0.2) is 24.1 Å². The molecular formula is C17H27N3O. The second-order valence-corrected chi connectivity index (χ2v) is 6.20. The minimum absolute atomic E-state index is 0.183. The third-order valence-corrected chi connectivity index (χ3v) is 4.86. The fourth-order valence-electron chi connectivity index (χ4n) is 3.35. The molecule has 0 spiro atoms. The van der Waals surface area contributed by atoms with Gasteiger partial charge in [-0.25, -0.2) is 0 Å². The second kappa shape index (κ2) is 6.83.